The van der Waals surface area contributed by atoms with Crippen LogP contribution in [0.25, 0.3) is 0 Å². The predicted molar refractivity (Wildman–Crippen MR) is 134 cm³/mol. The van der Waals surface area contributed by atoms with Crippen LogP contribution in [0, 0.1) is 0 Å². The summed E-state index contributed by atoms with van der Waals surface area (Å²) in [5.74, 6) is 3.24. The van der Waals surface area contributed by atoms with Crippen LogP contribution in [-0.4, -0.2) is 31.4 Å². The van der Waals surface area contributed by atoms with Crippen LogP contribution < -0.4 is 20.1 Å². The molecule has 0 amide bonds. The smallest absolute Gasteiger partial charge is 0.191 e. The van der Waals surface area contributed by atoms with Gasteiger partial charge in [0.25, 0.3) is 0 Å². The van der Waals surface area contributed by atoms with Gasteiger partial charge in [-0.1, -0.05) is 31.1 Å². The van der Waals surface area contributed by atoms with Crippen molar-refractivity contribution in [2.45, 2.75) is 71.6 Å². The Morgan fingerprint density at radius 2 is 1.90 bits per heavy atom. The number of benzene rings is 1. The van der Waals surface area contributed by atoms with E-state index in [0.717, 1.165) is 65.7 Å². The summed E-state index contributed by atoms with van der Waals surface area (Å²) in [6, 6.07) is 6.01. The fourth-order valence-corrected chi connectivity index (χ4v) is 3.88. The Morgan fingerprint density at radius 3 is 2.55 bits per heavy atom. The first-order chi connectivity index (χ1) is 14.7. The average Bonchev–Trinajstić information content (AvgIpc) is 3.43. The highest BCUT2D eigenvalue weighted by Crippen LogP contribution is 2.34. The molecule has 1 fully saturated rings. The van der Waals surface area contributed by atoms with Crippen molar-refractivity contribution in [1.29, 1.82) is 0 Å². The number of para-hydroxylation sites is 1. The van der Waals surface area contributed by atoms with Gasteiger partial charge in [-0.15, -0.1) is 24.0 Å². The molecule has 0 spiro atoms. The average molecular weight is 542 g/mol. The molecule has 2 N–H and O–H groups in total. The van der Waals surface area contributed by atoms with Gasteiger partial charge in [-0.05, 0) is 38.2 Å². The number of nitrogens with zero attached hydrogens (tertiary/aromatic N) is 2. The van der Waals surface area contributed by atoms with Crippen LogP contribution in [-0.2, 0) is 25.9 Å². The number of nitrogens with one attached hydrogen (secondary N) is 2. The van der Waals surface area contributed by atoms with Crippen molar-refractivity contribution in [3.05, 3.63) is 40.8 Å². The van der Waals surface area contributed by atoms with E-state index in [1.165, 1.54) is 12.8 Å². The van der Waals surface area contributed by atoms with E-state index < -0.39 is 0 Å². The van der Waals surface area contributed by atoms with E-state index in [4.69, 9.17) is 14.0 Å². The summed E-state index contributed by atoms with van der Waals surface area (Å²) >= 11 is 0. The maximum atomic E-state index is 6.33. The van der Waals surface area contributed by atoms with E-state index in [1.54, 1.807) is 14.2 Å². The summed E-state index contributed by atoms with van der Waals surface area (Å²) in [7, 11) is 3.45. The zero-order valence-corrected chi connectivity index (χ0v) is 21.3. The number of aromatic nitrogens is 1. The molecular formula is C23H35IN4O3. The fourth-order valence-electron chi connectivity index (χ4n) is 3.88. The van der Waals surface area contributed by atoms with Gasteiger partial charge in [-0.25, -0.2) is 0 Å². The highest BCUT2D eigenvalue weighted by atomic mass is 127. The van der Waals surface area contributed by atoms with E-state index in [-0.39, 0.29) is 30.1 Å². The van der Waals surface area contributed by atoms with E-state index in [2.05, 4.69) is 40.7 Å². The predicted octanol–water partition coefficient (Wildman–Crippen LogP) is 4.61. The number of guanidine groups is 1. The number of halogens is 1. The van der Waals surface area contributed by atoms with Crippen molar-refractivity contribution < 1.29 is 14.0 Å². The fraction of sp³-hybridized carbons (Fsp3) is 0.565. The monoisotopic (exact) mass is 542 g/mol. The lowest BCUT2D eigenvalue weighted by Crippen LogP contribution is -2.36. The third-order valence-electron chi connectivity index (χ3n) is 5.58. The number of aryl methyl sites for hydroxylation is 2. The first-order valence-electron chi connectivity index (χ1n) is 10.9. The molecule has 31 heavy (non-hydrogen) atoms. The van der Waals surface area contributed by atoms with Gasteiger partial charge in [0.1, 0.15) is 5.76 Å². The van der Waals surface area contributed by atoms with E-state index in [1.807, 2.05) is 12.1 Å². The molecule has 3 rings (SSSR count). The second-order valence-electron chi connectivity index (χ2n) is 7.49. The molecule has 1 aromatic carbocycles. The third-order valence-corrected chi connectivity index (χ3v) is 5.58. The molecule has 7 nitrogen and oxygen atoms in total. The minimum Gasteiger partial charge on any atom is -0.493 e. The van der Waals surface area contributed by atoms with E-state index in [0.29, 0.717) is 13.1 Å². The Morgan fingerprint density at radius 1 is 1.16 bits per heavy atom. The zero-order chi connectivity index (χ0) is 21.3. The minimum absolute atomic E-state index is 0. The van der Waals surface area contributed by atoms with E-state index in [9.17, 15) is 0 Å². The van der Waals surface area contributed by atoms with Gasteiger partial charge < -0.3 is 24.6 Å². The molecule has 1 heterocycles. The lowest BCUT2D eigenvalue weighted by atomic mass is 10.1. The van der Waals surface area contributed by atoms with Crippen molar-refractivity contribution in [3.63, 3.8) is 0 Å². The molecule has 0 radical (unpaired) electrons. The van der Waals surface area contributed by atoms with Gasteiger partial charge >= 0.3 is 0 Å². The van der Waals surface area contributed by atoms with Crippen molar-refractivity contribution in [2.24, 2.45) is 4.99 Å². The second-order valence-corrected chi connectivity index (χ2v) is 7.49. The largest absolute Gasteiger partial charge is 0.493 e. The van der Waals surface area contributed by atoms with E-state index >= 15 is 0 Å². The summed E-state index contributed by atoms with van der Waals surface area (Å²) in [5.41, 5.74) is 3.17. The van der Waals surface area contributed by atoms with Gasteiger partial charge in [-0.3, -0.25) is 4.99 Å². The van der Waals surface area contributed by atoms with Gasteiger partial charge in [-0.2, -0.15) is 0 Å². The molecule has 8 heteroatoms. The molecule has 1 aromatic heterocycles. The molecule has 0 saturated heterocycles. The first-order valence-corrected chi connectivity index (χ1v) is 10.9. The summed E-state index contributed by atoms with van der Waals surface area (Å²) < 4.78 is 17.3. The van der Waals surface area contributed by atoms with Crippen molar-refractivity contribution in [1.82, 2.24) is 15.8 Å². The zero-order valence-electron chi connectivity index (χ0n) is 19.0. The molecule has 1 saturated carbocycles. The summed E-state index contributed by atoms with van der Waals surface area (Å²) in [6.45, 7) is 5.37. The highest BCUT2D eigenvalue weighted by Gasteiger charge is 2.21. The van der Waals surface area contributed by atoms with Crippen molar-refractivity contribution in [2.75, 3.05) is 14.2 Å². The molecule has 0 bridgehead atoms. The van der Waals surface area contributed by atoms with Crippen LogP contribution >= 0.6 is 24.0 Å². The SMILES string of the molecule is CCc1noc(CC)c1CNC(=NC)NCc1cccc(OC)c1OC1CCCC1.I. The van der Waals surface area contributed by atoms with Crippen molar-refractivity contribution >= 4 is 29.9 Å². The molecule has 0 aliphatic heterocycles. The van der Waals surface area contributed by atoms with Crippen LogP contribution in [0.15, 0.2) is 27.7 Å². The van der Waals surface area contributed by atoms with Crippen LogP contribution in [0.3, 0.4) is 0 Å². The molecular weight excluding hydrogens is 507 g/mol. The van der Waals surface area contributed by atoms with Gasteiger partial charge in [0.2, 0.25) is 0 Å². The maximum absolute atomic E-state index is 6.33. The number of hydrogen-bond acceptors (Lipinski definition) is 5. The molecule has 0 unspecified atom stereocenters. The molecule has 172 valence electrons. The highest BCUT2D eigenvalue weighted by molar-refractivity contribution is 14.0. The first kappa shape index (κ1) is 25.3. The number of rotatable bonds is 9. The molecule has 1 aliphatic carbocycles. The number of hydrogen-bond donors (Lipinski definition) is 2. The lowest BCUT2D eigenvalue weighted by molar-refractivity contribution is 0.198. The Labute approximate surface area is 202 Å². The summed E-state index contributed by atoms with van der Waals surface area (Å²) in [6.07, 6.45) is 6.60. The topological polar surface area (TPSA) is 80.9 Å². The lowest BCUT2D eigenvalue weighted by Gasteiger charge is -2.20. The van der Waals surface area contributed by atoms with Gasteiger partial charge in [0, 0.05) is 37.7 Å². The van der Waals surface area contributed by atoms with Crippen LogP contribution in [0.2, 0.25) is 0 Å². The second kappa shape index (κ2) is 12.8. The third kappa shape index (κ3) is 6.51. The number of methoxy groups -OCH3 is 1. The van der Waals surface area contributed by atoms with Crippen LogP contribution in [0.4, 0.5) is 0 Å². The standard InChI is InChI=1S/C23H34N4O3.HI/c1-5-19-18(20(6-2)30-27-19)15-26-23(24-3)25-14-16-10-9-13-21(28-4)22(16)29-17-11-7-8-12-17;/h9-10,13,17H,5-8,11-12,14-15H2,1-4H3,(H2,24,25,26);1H. The Bertz CT molecular complexity index is 826. The van der Waals surface area contributed by atoms with Gasteiger partial charge in [0.05, 0.1) is 18.9 Å². The Hall–Kier alpha value is -1.97. The van der Waals surface area contributed by atoms with Gasteiger partial charge in [0.15, 0.2) is 17.5 Å². The molecule has 0 atom stereocenters. The number of ether oxygens (including phenoxy) is 2. The number of aliphatic imine (C=N–C) groups is 1. The normalized spacial score (nSPS) is 14.3. The van der Waals surface area contributed by atoms with Crippen LogP contribution in [0.5, 0.6) is 11.5 Å². The Balaban J connectivity index is 0.00000341. The Kier molecular flexibility index (Phi) is 10.4. The summed E-state index contributed by atoms with van der Waals surface area (Å²) in [5, 5.41) is 10.9. The quantitative estimate of drug-likeness (QED) is 0.274. The molecule has 1 aliphatic rings. The maximum Gasteiger partial charge on any atom is 0.191 e. The summed E-state index contributed by atoms with van der Waals surface area (Å²) in [4.78, 5) is 4.36. The molecule has 2 aromatic rings. The van der Waals surface area contributed by atoms with Crippen LogP contribution in [0.1, 0.15) is 62.1 Å². The minimum atomic E-state index is 0. The van der Waals surface area contributed by atoms with Crippen molar-refractivity contribution in [3.8, 4) is 11.5 Å².